The lowest BCUT2D eigenvalue weighted by Crippen LogP contribution is -2.31. The summed E-state index contributed by atoms with van der Waals surface area (Å²) in [5, 5.41) is 3.17. The van der Waals surface area contributed by atoms with Gasteiger partial charge in [-0.2, -0.15) is 0 Å². The number of benzene rings is 2. The van der Waals surface area contributed by atoms with Crippen molar-refractivity contribution in [3.8, 4) is 11.5 Å². The number of hydrogen-bond acceptors (Lipinski definition) is 3. The minimum Gasteiger partial charge on any atom is -0.493 e. The second-order valence-corrected chi connectivity index (χ2v) is 5.37. The summed E-state index contributed by atoms with van der Waals surface area (Å²) < 4.78 is 10.5. The third-order valence-electron chi connectivity index (χ3n) is 3.84. The Morgan fingerprint density at radius 1 is 1.04 bits per heavy atom. The van der Waals surface area contributed by atoms with Gasteiger partial charge in [0.05, 0.1) is 20.8 Å². The standard InChI is InChI=1S/C19H25N3O2.HI/c1-4-15-7-5-6-8-16(15)13-22-19(20)21-12-14-9-10-17(23-2)18(11-14)24-3;/h5-11H,4,12-13H2,1-3H3,(H3,20,21,22);1H. The fourth-order valence-electron chi connectivity index (χ4n) is 2.47. The molecule has 2 aromatic rings. The minimum absolute atomic E-state index is 0. The van der Waals surface area contributed by atoms with Crippen molar-refractivity contribution in [3.05, 3.63) is 59.2 Å². The Bertz CT molecular complexity index is 705. The molecule has 136 valence electrons. The molecule has 2 aromatic carbocycles. The van der Waals surface area contributed by atoms with Gasteiger partial charge in [0.2, 0.25) is 0 Å². The Morgan fingerprint density at radius 2 is 1.72 bits per heavy atom. The number of methoxy groups -OCH3 is 2. The Morgan fingerprint density at radius 3 is 2.36 bits per heavy atom. The zero-order chi connectivity index (χ0) is 17.4. The molecule has 0 aromatic heterocycles. The predicted molar refractivity (Wildman–Crippen MR) is 113 cm³/mol. The van der Waals surface area contributed by atoms with E-state index < -0.39 is 0 Å². The summed E-state index contributed by atoms with van der Waals surface area (Å²) in [7, 11) is 3.23. The number of aryl methyl sites for hydroxylation is 1. The molecule has 0 saturated heterocycles. The molecule has 5 nitrogen and oxygen atoms in total. The van der Waals surface area contributed by atoms with Crippen LogP contribution in [0.1, 0.15) is 23.6 Å². The highest BCUT2D eigenvalue weighted by Crippen LogP contribution is 2.27. The number of guanidine groups is 1. The molecule has 25 heavy (non-hydrogen) atoms. The average molecular weight is 455 g/mol. The molecule has 0 aliphatic heterocycles. The Balaban J connectivity index is 0.00000312. The summed E-state index contributed by atoms with van der Waals surface area (Å²) in [5.41, 5.74) is 9.53. The van der Waals surface area contributed by atoms with Crippen LogP contribution < -0.4 is 20.5 Å². The molecule has 3 N–H and O–H groups in total. The maximum atomic E-state index is 5.97. The number of aliphatic imine (C=N–C) groups is 1. The van der Waals surface area contributed by atoms with Crippen molar-refractivity contribution >= 4 is 29.9 Å². The fraction of sp³-hybridized carbons (Fsp3) is 0.316. The largest absolute Gasteiger partial charge is 0.493 e. The van der Waals surface area contributed by atoms with E-state index in [-0.39, 0.29) is 24.0 Å². The van der Waals surface area contributed by atoms with Gasteiger partial charge in [0.25, 0.3) is 0 Å². The van der Waals surface area contributed by atoms with Crippen LogP contribution in [0, 0.1) is 0 Å². The molecular weight excluding hydrogens is 429 g/mol. The third kappa shape index (κ3) is 6.12. The maximum Gasteiger partial charge on any atom is 0.189 e. The van der Waals surface area contributed by atoms with Crippen molar-refractivity contribution in [1.29, 1.82) is 0 Å². The number of rotatable bonds is 7. The molecule has 0 atom stereocenters. The molecular formula is C19H26IN3O2. The molecule has 0 radical (unpaired) electrons. The number of nitrogens with two attached hydrogens (primary N) is 1. The zero-order valence-electron chi connectivity index (χ0n) is 14.9. The van der Waals surface area contributed by atoms with Crippen LogP contribution in [0.2, 0.25) is 0 Å². The van der Waals surface area contributed by atoms with Gasteiger partial charge in [-0.1, -0.05) is 37.3 Å². The van der Waals surface area contributed by atoms with Gasteiger partial charge in [-0.3, -0.25) is 0 Å². The molecule has 0 bridgehead atoms. The van der Waals surface area contributed by atoms with Gasteiger partial charge in [-0.15, -0.1) is 24.0 Å². The van der Waals surface area contributed by atoms with E-state index in [0.29, 0.717) is 30.5 Å². The van der Waals surface area contributed by atoms with Crippen LogP contribution >= 0.6 is 24.0 Å². The fourth-order valence-corrected chi connectivity index (χ4v) is 2.47. The molecule has 0 aliphatic carbocycles. The van der Waals surface area contributed by atoms with Crippen molar-refractivity contribution in [1.82, 2.24) is 5.32 Å². The van der Waals surface area contributed by atoms with Gasteiger partial charge in [0.15, 0.2) is 17.5 Å². The monoisotopic (exact) mass is 455 g/mol. The molecule has 0 spiro atoms. The van der Waals surface area contributed by atoms with Crippen molar-refractivity contribution in [2.75, 3.05) is 14.2 Å². The van der Waals surface area contributed by atoms with Crippen molar-refractivity contribution in [2.24, 2.45) is 10.7 Å². The Kier molecular flexibility index (Phi) is 9.12. The highest BCUT2D eigenvalue weighted by molar-refractivity contribution is 14.0. The first-order chi connectivity index (χ1) is 11.7. The van der Waals surface area contributed by atoms with Gasteiger partial charge in [0.1, 0.15) is 0 Å². The molecule has 0 aliphatic rings. The zero-order valence-corrected chi connectivity index (χ0v) is 17.2. The van der Waals surface area contributed by atoms with Gasteiger partial charge in [0, 0.05) is 6.54 Å². The SMILES string of the molecule is CCc1ccccc1CNC(N)=NCc1ccc(OC)c(OC)c1.I. The van der Waals surface area contributed by atoms with E-state index in [9.17, 15) is 0 Å². The van der Waals surface area contributed by atoms with E-state index in [1.807, 2.05) is 24.3 Å². The van der Waals surface area contributed by atoms with Crippen LogP contribution in [0.25, 0.3) is 0 Å². The molecule has 0 heterocycles. The van der Waals surface area contributed by atoms with Crippen LogP contribution in [0.3, 0.4) is 0 Å². The third-order valence-corrected chi connectivity index (χ3v) is 3.84. The summed E-state index contributed by atoms with van der Waals surface area (Å²) in [5.74, 6) is 1.82. The van der Waals surface area contributed by atoms with Gasteiger partial charge in [-0.25, -0.2) is 4.99 Å². The minimum atomic E-state index is 0. The van der Waals surface area contributed by atoms with E-state index in [4.69, 9.17) is 15.2 Å². The molecule has 0 unspecified atom stereocenters. The Labute approximate surface area is 166 Å². The first kappa shape index (κ1) is 21.1. The van der Waals surface area contributed by atoms with Crippen molar-refractivity contribution in [3.63, 3.8) is 0 Å². The maximum absolute atomic E-state index is 5.97. The summed E-state index contributed by atoms with van der Waals surface area (Å²) in [6.07, 6.45) is 1.00. The van der Waals surface area contributed by atoms with Gasteiger partial charge < -0.3 is 20.5 Å². The van der Waals surface area contributed by atoms with Crippen LogP contribution in [0.4, 0.5) is 0 Å². The normalized spacial score (nSPS) is 10.8. The lowest BCUT2D eigenvalue weighted by atomic mass is 10.1. The number of nitrogens with one attached hydrogen (secondary N) is 1. The smallest absolute Gasteiger partial charge is 0.189 e. The van der Waals surface area contributed by atoms with Crippen molar-refractivity contribution in [2.45, 2.75) is 26.4 Å². The number of nitrogens with zero attached hydrogens (tertiary/aromatic N) is 1. The van der Waals surface area contributed by atoms with Gasteiger partial charge in [-0.05, 0) is 35.2 Å². The molecule has 0 amide bonds. The molecule has 6 heteroatoms. The first-order valence-electron chi connectivity index (χ1n) is 7.99. The highest BCUT2D eigenvalue weighted by Gasteiger charge is 2.04. The average Bonchev–Trinajstić information content (AvgIpc) is 2.64. The molecule has 2 rings (SSSR count). The quantitative estimate of drug-likeness (QED) is 0.381. The first-order valence-corrected chi connectivity index (χ1v) is 7.99. The summed E-state index contributed by atoms with van der Waals surface area (Å²) in [6, 6.07) is 14.0. The Hall–Kier alpha value is -1.96. The van der Waals surface area contributed by atoms with E-state index in [0.717, 1.165) is 12.0 Å². The second-order valence-electron chi connectivity index (χ2n) is 5.37. The van der Waals surface area contributed by atoms with Gasteiger partial charge >= 0.3 is 0 Å². The van der Waals surface area contributed by atoms with E-state index in [2.05, 4.69) is 35.4 Å². The predicted octanol–water partition coefficient (Wildman–Crippen LogP) is 3.49. The summed E-state index contributed by atoms with van der Waals surface area (Å²) >= 11 is 0. The topological polar surface area (TPSA) is 68.9 Å². The van der Waals surface area contributed by atoms with Crippen molar-refractivity contribution < 1.29 is 9.47 Å². The number of halogens is 1. The van der Waals surface area contributed by atoms with Crippen LogP contribution in [-0.2, 0) is 19.5 Å². The van der Waals surface area contributed by atoms with Crippen LogP contribution in [0.15, 0.2) is 47.5 Å². The lowest BCUT2D eigenvalue weighted by molar-refractivity contribution is 0.354. The van der Waals surface area contributed by atoms with E-state index >= 15 is 0 Å². The molecule has 0 saturated carbocycles. The van der Waals surface area contributed by atoms with Crippen LogP contribution in [0.5, 0.6) is 11.5 Å². The number of ether oxygens (including phenoxy) is 2. The lowest BCUT2D eigenvalue weighted by Gasteiger charge is -2.10. The highest BCUT2D eigenvalue weighted by atomic mass is 127. The second kappa shape index (κ2) is 10.8. The number of hydrogen-bond donors (Lipinski definition) is 2. The van der Waals surface area contributed by atoms with Crippen LogP contribution in [-0.4, -0.2) is 20.2 Å². The molecule has 0 fully saturated rings. The van der Waals surface area contributed by atoms with E-state index in [1.54, 1.807) is 14.2 Å². The van der Waals surface area contributed by atoms with E-state index in [1.165, 1.54) is 11.1 Å². The summed E-state index contributed by atoms with van der Waals surface area (Å²) in [6.45, 7) is 3.30. The summed E-state index contributed by atoms with van der Waals surface area (Å²) in [4.78, 5) is 4.38.